The van der Waals surface area contributed by atoms with Crippen molar-refractivity contribution in [2.75, 3.05) is 6.61 Å². The van der Waals surface area contributed by atoms with Crippen LogP contribution < -0.4 is 4.84 Å². The van der Waals surface area contributed by atoms with Gasteiger partial charge in [0.05, 0.1) is 6.61 Å². The van der Waals surface area contributed by atoms with Gasteiger partial charge in [0.25, 0.3) is 0 Å². The van der Waals surface area contributed by atoms with Gasteiger partial charge < -0.3 is 4.74 Å². The lowest BCUT2D eigenvalue weighted by molar-refractivity contribution is -0.149. The monoisotopic (exact) mass is 247 g/mol. The summed E-state index contributed by atoms with van der Waals surface area (Å²) >= 11 is 5.44. The standard InChI is InChI=1S/C11H18ClNO3/c1-2-16-11(15)9(13-12)10(14)8-6-4-3-5-7-8/h8-9,13H,2-7H2,1H3. The summed E-state index contributed by atoms with van der Waals surface area (Å²) in [6.45, 7) is 1.96. The van der Waals surface area contributed by atoms with Crippen molar-refractivity contribution in [2.45, 2.75) is 45.1 Å². The van der Waals surface area contributed by atoms with Crippen molar-refractivity contribution in [1.82, 2.24) is 4.84 Å². The summed E-state index contributed by atoms with van der Waals surface area (Å²) in [5.41, 5.74) is 0. The molecular weight excluding hydrogens is 230 g/mol. The molecule has 0 aromatic carbocycles. The molecule has 16 heavy (non-hydrogen) atoms. The van der Waals surface area contributed by atoms with Crippen molar-refractivity contribution in [1.29, 1.82) is 0 Å². The second kappa shape index (κ2) is 6.86. The summed E-state index contributed by atoms with van der Waals surface area (Å²) in [6.07, 6.45) is 4.98. The highest BCUT2D eigenvalue weighted by atomic mass is 35.5. The van der Waals surface area contributed by atoms with E-state index >= 15 is 0 Å². The average molecular weight is 248 g/mol. The first kappa shape index (κ1) is 13.5. The van der Waals surface area contributed by atoms with Gasteiger partial charge in [-0.1, -0.05) is 19.3 Å². The molecule has 5 heteroatoms. The zero-order chi connectivity index (χ0) is 12.0. The number of carbonyl (C=O) groups excluding carboxylic acids is 2. The number of esters is 1. The van der Waals surface area contributed by atoms with Crippen LogP contribution in [0.15, 0.2) is 0 Å². The second-order valence-corrected chi connectivity index (χ2v) is 4.25. The van der Waals surface area contributed by atoms with Crippen molar-refractivity contribution in [2.24, 2.45) is 5.92 Å². The van der Waals surface area contributed by atoms with E-state index in [2.05, 4.69) is 4.84 Å². The van der Waals surface area contributed by atoms with Gasteiger partial charge in [-0.3, -0.25) is 4.79 Å². The smallest absolute Gasteiger partial charge is 0.332 e. The maximum atomic E-state index is 12.0. The molecule has 0 radical (unpaired) electrons. The zero-order valence-electron chi connectivity index (χ0n) is 9.50. The fraction of sp³-hybridized carbons (Fsp3) is 0.818. The third kappa shape index (κ3) is 3.46. The van der Waals surface area contributed by atoms with Crippen LogP contribution >= 0.6 is 11.8 Å². The van der Waals surface area contributed by atoms with Gasteiger partial charge in [-0.15, -0.1) is 0 Å². The highest BCUT2D eigenvalue weighted by molar-refractivity contribution is 6.19. The Hall–Kier alpha value is -0.610. The Morgan fingerprint density at radius 2 is 2.00 bits per heavy atom. The van der Waals surface area contributed by atoms with Crippen LogP contribution in [-0.2, 0) is 14.3 Å². The SMILES string of the molecule is CCOC(=O)C(NCl)C(=O)C1CCCCC1. The van der Waals surface area contributed by atoms with Gasteiger partial charge in [-0.05, 0) is 31.5 Å². The molecule has 0 saturated heterocycles. The second-order valence-electron chi connectivity index (χ2n) is 4.03. The summed E-state index contributed by atoms with van der Waals surface area (Å²) in [6, 6.07) is -1.01. The van der Waals surface area contributed by atoms with Gasteiger partial charge in [0.1, 0.15) is 0 Å². The van der Waals surface area contributed by atoms with Crippen molar-refractivity contribution in [3.8, 4) is 0 Å². The van der Waals surface area contributed by atoms with Gasteiger partial charge in [0.2, 0.25) is 0 Å². The molecule has 0 heterocycles. The van der Waals surface area contributed by atoms with Gasteiger partial charge in [0, 0.05) is 5.92 Å². The maximum Gasteiger partial charge on any atom is 0.332 e. The third-order valence-electron chi connectivity index (χ3n) is 2.92. The Kier molecular flexibility index (Phi) is 5.77. The molecule has 1 saturated carbocycles. The van der Waals surface area contributed by atoms with E-state index < -0.39 is 12.0 Å². The van der Waals surface area contributed by atoms with E-state index in [0.29, 0.717) is 0 Å². The molecule has 1 rings (SSSR count). The van der Waals surface area contributed by atoms with Crippen LogP contribution in [-0.4, -0.2) is 24.4 Å². The van der Waals surface area contributed by atoms with Gasteiger partial charge >= 0.3 is 5.97 Å². The Labute approximate surface area is 101 Å². The maximum absolute atomic E-state index is 12.0. The fourth-order valence-corrected chi connectivity index (χ4v) is 2.26. The van der Waals surface area contributed by atoms with Gasteiger partial charge in [0.15, 0.2) is 11.8 Å². The summed E-state index contributed by atoms with van der Waals surface area (Å²) in [7, 11) is 0. The van der Waals surface area contributed by atoms with E-state index in [-0.39, 0.29) is 18.3 Å². The van der Waals surface area contributed by atoms with Crippen LogP contribution in [0, 0.1) is 5.92 Å². The Balaban J connectivity index is 2.57. The predicted octanol–water partition coefficient (Wildman–Crippen LogP) is 1.81. The van der Waals surface area contributed by atoms with E-state index in [4.69, 9.17) is 16.5 Å². The molecule has 1 N–H and O–H groups in total. The van der Waals surface area contributed by atoms with Crippen LogP contribution in [0.2, 0.25) is 0 Å². The molecule has 0 bridgehead atoms. The highest BCUT2D eigenvalue weighted by Gasteiger charge is 2.33. The number of nitrogens with one attached hydrogen (secondary N) is 1. The lowest BCUT2D eigenvalue weighted by Gasteiger charge is -2.23. The molecule has 0 spiro atoms. The largest absolute Gasteiger partial charge is 0.464 e. The van der Waals surface area contributed by atoms with E-state index in [0.717, 1.165) is 25.7 Å². The first-order valence-electron chi connectivity index (χ1n) is 5.77. The van der Waals surface area contributed by atoms with Gasteiger partial charge in [-0.2, -0.15) is 0 Å². The van der Waals surface area contributed by atoms with Crippen molar-refractivity contribution in [3.05, 3.63) is 0 Å². The number of hydrogen-bond donors (Lipinski definition) is 1. The predicted molar refractivity (Wildman–Crippen MR) is 61.0 cm³/mol. The molecule has 1 fully saturated rings. The highest BCUT2D eigenvalue weighted by Crippen LogP contribution is 2.25. The molecule has 1 unspecified atom stereocenters. The molecule has 0 amide bonds. The summed E-state index contributed by atoms with van der Waals surface area (Å²) < 4.78 is 4.80. The van der Waals surface area contributed by atoms with Crippen LogP contribution in [0.5, 0.6) is 0 Å². The Morgan fingerprint density at radius 1 is 1.38 bits per heavy atom. The molecule has 0 aromatic rings. The minimum absolute atomic E-state index is 0.0468. The lowest BCUT2D eigenvalue weighted by Crippen LogP contribution is -2.43. The van der Waals surface area contributed by atoms with E-state index in [1.165, 1.54) is 6.42 Å². The number of rotatable bonds is 5. The lowest BCUT2D eigenvalue weighted by atomic mass is 9.84. The first-order chi connectivity index (χ1) is 7.70. The number of halogens is 1. The normalized spacial score (nSPS) is 19.1. The van der Waals surface area contributed by atoms with E-state index in [1.807, 2.05) is 0 Å². The number of hydrogen-bond acceptors (Lipinski definition) is 4. The van der Waals surface area contributed by atoms with Crippen LogP contribution in [0.25, 0.3) is 0 Å². The van der Waals surface area contributed by atoms with Crippen LogP contribution in [0.4, 0.5) is 0 Å². The first-order valence-corrected chi connectivity index (χ1v) is 6.15. The number of ether oxygens (including phenoxy) is 1. The van der Waals surface area contributed by atoms with Crippen LogP contribution in [0.3, 0.4) is 0 Å². The molecule has 1 atom stereocenters. The zero-order valence-corrected chi connectivity index (χ0v) is 10.3. The number of Topliss-reactive ketones (excluding diaryl/α,β-unsaturated/α-hetero) is 1. The molecule has 1 aliphatic rings. The molecule has 92 valence electrons. The number of carbonyl (C=O) groups is 2. The summed E-state index contributed by atoms with van der Waals surface area (Å²) in [5.74, 6) is -0.754. The molecule has 0 aliphatic heterocycles. The molecule has 4 nitrogen and oxygen atoms in total. The molecule has 1 aliphatic carbocycles. The molecular formula is C11H18ClNO3. The fourth-order valence-electron chi connectivity index (χ4n) is 2.06. The number of ketones is 1. The summed E-state index contributed by atoms with van der Waals surface area (Å²) in [5, 5.41) is 0. The van der Waals surface area contributed by atoms with E-state index in [9.17, 15) is 9.59 Å². The van der Waals surface area contributed by atoms with Crippen molar-refractivity contribution < 1.29 is 14.3 Å². The van der Waals surface area contributed by atoms with Crippen molar-refractivity contribution >= 4 is 23.5 Å². The minimum Gasteiger partial charge on any atom is -0.464 e. The Bertz CT molecular complexity index is 252. The minimum atomic E-state index is -1.01. The summed E-state index contributed by atoms with van der Waals surface area (Å²) in [4.78, 5) is 25.7. The van der Waals surface area contributed by atoms with Crippen LogP contribution in [0.1, 0.15) is 39.0 Å². The van der Waals surface area contributed by atoms with Crippen molar-refractivity contribution in [3.63, 3.8) is 0 Å². The third-order valence-corrected chi connectivity index (χ3v) is 3.14. The Morgan fingerprint density at radius 3 is 2.50 bits per heavy atom. The quantitative estimate of drug-likeness (QED) is 0.457. The molecule has 0 aromatic heterocycles. The van der Waals surface area contributed by atoms with E-state index in [1.54, 1.807) is 6.92 Å². The van der Waals surface area contributed by atoms with Gasteiger partial charge in [-0.25, -0.2) is 9.63 Å². The topological polar surface area (TPSA) is 55.4 Å². The average Bonchev–Trinajstić information content (AvgIpc) is 2.31.